The second-order valence-corrected chi connectivity index (χ2v) is 4.57. The summed E-state index contributed by atoms with van der Waals surface area (Å²) in [4.78, 5) is 1.65. The van der Waals surface area contributed by atoms with E-state index in [4.69, 9.17) is 10.4 Å². The monoisotopic (exact) mass is 248 g/mol. The molecule has 0 saturated carbocycles. The van der Waals surface area contributed by atoms with Crippen molar-refractivity contribution in [2.45, 2.75) is 6.54 Å². The molecule has 2 aromatic rings. The summed E-state index contributed by atoms with van der Waals surface area (Å²) in [6.45, 7) is 0.524. The Labute approximate surface area is 102 Å². The van der Waals surface area contributed by atoms with Gasteiger partial charge in [0.05, 0.1) is 0 Å². The maximum atomic E-state index is 13.0. The van der Waals surface area contributed by atoms with Gasteiger partial charge in [0.2, 0.25) is 0 Å². The van der Waals surface area contributed by atoms with Gasteiger partial charge in [-0.1, -0.05) is 0 Å². The Balaban J connectivity index is 2.02. The van der Waals surface area contributed by atoms with Crippen molar-refractivity contribution in [1.82, 2.24) is 0 Å². The van der Waals surface area contributed by atoms with Crippen LogP contribution in [0.5, 0.6) is 5.75 Å². The number of anilines is 1. The molecule has 0 radical (unpaired) electrons. The topological polar surface area (TPSA) is 56.0 Å². The molecular formula is C12H9FN2OS. The highest BCUT2D eigenvalue weighted by molar-refractivity contribution is 7.12. The minimum absolute atomic E-state index is 0.363. The molecule has 17 heavy (non-hydrogen) atoms. The number of benzene rings is 1. The Bertz CT molecular complexity index is 574. The summed E-state index contributed by atoms with van der Waals surface area (Å²) < 4.78 is 13.0. The molecular weight excluding hydrogens is 239 g/mol. The third-order valence-electron chi connectivity index (χ3n) is 2.19. The Morgan fingerprint density at radius 3 is 2.82 bits per heavy atom. The van der Waals surface area contributed by atoms with Crippen LogP contribution >= 0.6 is 11.3 Å². The Morgan fingerprint density at radius 2 is 2.18 bits per heavy atom. The third kappa shape index (κ3) is 2.74. The Morgan fingerprint density at radius 1 is 1.35 bits per heavy atom. The quantitative estimate of drug-likeness (QED) is 0.821. The summed E-state index contributed by atoms with van der Waals surface area (Å²) in [5.74, 6) is -1.02. The van der Waals surface area contributed by atoms with E-state index in [2.05, 4.69) is 11.4 Å². The first-order chi connectivity index (χ1) is 8.19. The minimum atomic E-state index is -0.654. The average Bonchev–Trinajstić information content (AvgIpc) is 2.79. The van der Waals surface area contributed by atoms with E-state index in [1.165, 1.54) is 23.5 Å². The molecule has 0 aliphatic heterocycles. The van der Waals surface area contributed by atoms with Crippen LogP contribution in [0.4, 0.5) is 10.1 Å². The molecule has 0 aliphatic carbocycles. The van der Waals surface area contributed by atoms with E-state index < -0.39 is 5.82 Å². The van der Waals surface area contributed by atoms with Crippen molar-refractivity contribution in [2.24, 2.45) is 0 Å². The van der Waals surface area contributed by atoms with Crippen LogP contribution in [0.25, 0.3) is 0 Å². The number of phenolic OH excluding ortho intramolecular Hbond substituents is 1. The summed E-state index contributed by atoms with van der Waals surface area (Å²) in [5, 5.41) is 20.7. The van der Waals surface area contributed by atoms with Crippen LogP contribution in [-0.2, 0) is 6.54 Å². The predicted octanol–water partition coefficient (Wildman–Crippen LogP) is 3.08. The van der Waals surface area contributed by atoms with Gasteiger partial charge in [0.15, 0.2) is 11.6 Å². The van der Waals surface area contributed by atoms with Gasteiger partial charge in [-0.2, -0.15) is 5.26 Å². The van der Waals surface area contributed by atoms with Gasteiger partial charge >= 0.3 is 0 Å². The molecule has 1 aromatic heterocycles. The molecule has 2 rings (SSSR count). The molecule has 0 bridgehead atoms. The zero-order chi connectivity index (χ0) is 12.3. The number of thiophene rings is 1. The van der Waals surface area contributed by atoms with E-state index in [9.17, 15) is 4.39 Å². The number of hydrogen-bond acceptors (Lipinski definition) is 4. The zero-order valence-electron chi connectivity index (χ0n) is 8.77. The Hall–Kier alpha value is -2.06. The maximum Gasteiger partial charge on any atom is 0.166 e. The summed E-state index contributed by atoms with van der Waals surface area (Å²) in [7, 11) is 0. The Kier molecular flexibility index (Phi) is 3.26. The molecule has 1 aromatic carbocycles. The largest absolute Gasteiger partial charge is 0.505 e. The van der Waals surface area contributed by atoms with E-state index in [1.807, 2.05) is 6.07 Å². The summed E-state index contributed by atoms with van der Waals surface area (Å²) >= 11 is 1.39. The average molecular weight is 248 g/mol. The fraction of sp³-hybridized carbons (Fsp3) is 0.0833. The van der Waals surface area contributed by atoms with Crippen LogP contribution in [-0.4, -0.2) is 5.11 Å². The number of rotatable bonds is 3. The maximum absolute atomic E-state index is 13.0. The van der Waals surface area contributed by atoms with Crippen molar-refractivity contribution >= 4 is 17.0 Å². The van der Waals surface area contributed by atoms with Gasteiger partial charge in [0.25, 0.3) is 0 Å². The third-order valence-corrected chi connectivity index (χ3v) is 3.18. The van der Waals surface area contributed by atoms with Gasteiger partial charge in [0, 0.05) is 23.2 Å². The van der Waals surface area contributed by atoms with Crippen molar-refractivity contribution in [2.75, 3.05) is 5.32 Å². The highest BCUT2D eigenvalue weighted by Crippen LogP contribution is 2.21. The number of nitriles is 1. The van der Waals surface area contributed by atoms with Crippen molar-refractivity contribution < 1.29 is 9.50 Å². The zero-order valence-corrected chi connectivity index (χ0v) is 9.59. The molecule has 0 spiro atoms. The lowest BCUT2D eigenvalue weighted by Crippen LogP contribution is -1.97. The molecule has 5 heteroatoms. The first kappa shape index (κ1) is 11.4. The lowest BCUT2D eigenvalue weighted by Gasteiger charge is -2.05. The van der Waals surface area contributed by atoms with Gasteiger partial charge in [-0.3, -0.25) is 0 Å². The molecule has 3 nitrogen and oxygen atoms in total. The minimum Gasteiger partial charge on any atom is -0.505 e. The number of aromatic hydroxyl groups is 1. The molecule has 2 N–H and O–H groups in total. The SMILES string of the molecule is N#Cc1ccc(CNc2ccc(O)c(F)c2)s1. The first-order valence-electron chi connectivity index (χ1n) is 4.90. The van der Waals surface area contributed by atoms with E-state index in [-0.39, 0.29) is 5.75 Å². The van der Waals surface area contributed by atoms with E-state index in [1.54, 1.807) is 12.1 Å². The van der Waals surface area contributed by atoms with Gasteiger partial charge in [-0.25, -0.2) is 4.39 Å². The highest BCUT2D eigenvalue weighted by Gasteiger charge is 2.02. The molecule has 0 aliphatic rings. The van der Waals surface area contributed by atoms with Crippen molar-refractivity contribution in [1.29, 1.82) is 5.26 Å². The summed E-state index contributed by atoms with van der Waals surface area (Å²) in [6.07, 6.45) is 0. The second-order valence-electron chi connectivity index (χ2n) is 3.40. The molecule has 86 valence electrons. The molecule has 0 atom stereocenters. The number of hydrogen-bond donors (Lipinski definition) is 2. The van der Waals surface area contributed by atoms with Crippen LogP contribution in [0, 0.1) is 17.1 Å². The smallest absolute Gasteiger partial charge is 0.166 e. The van der Waals surface area contributed by atoms with Gasteiger partial charge < -0.3 is 10.4 Å². The van der Waals surface area contributed by atoms with Crippen LogP contribution in [0.15, 0.2) is 30.3 Å². The molecule has 0 amide bonds. The van der Waals surface area contributed by atoms with Crippen molar-refractivity contribution in [3.63, 3.8) is 0 Å². The first-order valence-corrected chi connectivity index (χ1v) is 5.72. The molecule has 0 unspecified atom stereocenters. The van der Waals surface area contributed by atoms with Crippen LogP contribution in [0.3, 0.4) is 0 Å². The fourth-order valence-corrected chi connectivity index (χ4v) is 2.08. The van der Waals surface area contributed by atoms with Gasteiger partial charge in [0.1, 0.15) is 10.9 Å². The van der Waals surface area contributed by atoms with Crippen molar-refractivity contribution in [3.05, 3.63) is 45.9 Å². The van der Waals surface area contributed by atoms with Gasteiger partial charge in [-0.15, -0.1) is 11.3 Å². The number of phenols is 1. The van der Waals surface area contributed by atoms with Crippen LogP contribution < -0.4 is 5.32 Å². The summed E-state index contributed by atoms with van der Waals surface area (Å²) in [5.41, 5.74) is 0.590. The number of nitrogens with zero attached hydrogens (tertiary/aromatic N) is 1. The van der Waals surface area contributed by atoms with Crippen LogP contribution in [0.2, 0.25) is 0 Å². The molecule has 0 saturated heterocycles. The fourth-order valence-electron chi connectivity index (χ4n) is 1.34. The molecule has 0 fully saturated rings. The summed E-state index contributed by atoms with van der Waals surface area (Å²) in [6, 6.07) is 9.79. The highest BCUT2D eigenvalue weighted by atomic mass is 32.1. The van der Waals surface area contributed by atoms with Crippen molar-refractivity contribution in [3.8, 4) is 11.8 Å². The van der Waals surface area contributed by atoms with Crippen LogP contribution in [0.1, 0.15) is 9.75 Å². The van der Waals surface area contributed by atoms with E-state index in [0.29, 0.717) is 17.1 Å². The normalized spacial score (nSPS) is 9.88. The predicted molar refractivity (Wildman–Crippen MR) is 64.4 cm³/mol. The van der Waals surface area contributed by atoms with Gasteiger partial charge in [-0.05, 0) is 24.3 Å². The second kappa shape index (κ2) is 4.85. The van der Waals surface area contributed by atoms with E-state index >= 15 is 0 Å². The standard InChI is InChI=1S/C12H9FN2OS/c13-11-5-8(1-4-12(11)16)15-7-10-3-2-9(6-14)17-10/h1-5,15-16H,7H2. The number of nitrogens with one attached hydrogen (secondary N) is 1. The lowest BCUT2D eigenvalue weighted by atomic mass is 10.3. The molecule has 1 heterocycles. The van der Waals surface area contributed by atoms with E-state index in [0.717, 1.165) is 4.88 Å². The number of halogens is 1. The lowest BCUT2D eigenvalue weighted by molar-refractivity contribution is 0.432.